The van der Waals surface area contributed by atoms with Gasteiger partial charge in [0.25, 0.3) is 0 Å². The van der Waals surface area contributed by atoms with Crippen molar-refractivity contribution >= 4 is 16.8 Å². The average Bonchev–Trinajstić information content (AvgIpc) is 2.84. The summed E-state index contributed by atoms with van der Waals surface area (Å²) in [5.41, 5.74) is 8.97. The Kier molecular flexibility index (Phi) is 9.81. The number of hydrogen-bond donors (Lipinski definition) is 1. The van der Waals surface area contributed by atoms with Gasteiger partial charge in [-0.15, -0.1) is 0 Å². The minimum atomic E-state index is -0.716. The molecule has 3 aromatic rings. The number of pyridine rings is 1. The molecule has 0 spiro atoms. The van der Waals surface area contributed by atoms with Crippen molar-refractivity contribution in [2.24, 2.45) is 5.73 Å². The zero-order chi connectivity index (χ0) is 26.1. The number of ether oxygens (including phenoxy) is 3. The Morgan fingerprint density at radius 2 is 1.67 bits per heavy atom. The maximum absolute atomic E-state index is 13.6. The fraction of sp³-hybridized carbons (Fsp3) is 0.448. The van der Waals surface area contributed by atoms with Crippen molar-refractivity contribution in [1.82, 2.24) is 9.88 Å². The molecule has 3 rings (SSSR count). The maximum atomic E-state index is 13.6. The molecule has 1 aromatic heterocycles. The molecule has 36 heavy (non-hydrogen) atoms. The van der Waals surface area contributed by atoms with Gasteiger partial charge in [-0.1, -0.05) is 36.4 Å². The first-order valence-electron chi connectivity index (χ1n) is 12.6. The van der Waals surface area contributed by atoms with Gasteiger partial charge in [0, 0.05) is 31.3 Å². The first-order valence-corrected chi connectivity index (χ1v) is 12.6. The van der Waals surface area contributed by atoms with Gasteiger partial charge in [-0.25, -0.2) is 0 Å². The lowest BCUT2D eigenvalue weighted by atomic mass is 10.0. The van der Waals surface area contributed by atoms with E-state index in [1.807, 2.05) is 89.2 Å². The van der Waals surface area contributed by atoms with E-state index in [0.29, 0.717) is 26.2 Å². The van der Waals surface area contributed by atoms with Crippen LogP contribution < -0.4 is 10.5 Å². The predicted octanol–water partition coefficient (Wildman–Crippen LogP) is 4.71. The van der Waals surface area contributed by atoms with E-state index in [9.17, 15) is 4.79 Å². The van der Waals surface area contributed by atoms with Crippen LogP contribution in [0.3, 0.4) is 0 Å². The van der Waals surface area contributed by atoms with E-state index in [1.54, 1.807) is 11.1 Å². The van der Waals surface area contributed by atoms with Gasteiger partial charge in [-0.3, -0.25) is 9.78 Å². The summed E-state index contributed by atoms with van der Waals surface area (Å²) < 4.78 is 17.4. The standard InChI is InChI=1S/C29H39N3O4/c1-6-34-26(35-7-2)20-32(19-23-11-8-10-22-12-9-17-31-27(22)23)28(33)25(30)18-21-13-15-24(16-14-21)36-29(3,4)5/h8-17,25-26H,6-7,18-20,30H2,1-5H3. The van der Waals surface area contributed by atoms with Crippen LogP contribution in [0, 0.1) is 0 Å². The summed E-state index contributed by atoms with van der Waals surface area (Å²) in [6, 6.07) is 16.9. The first-order chi connectivity index (χ1) is 17.2. The Morgan fingerprint density at radius 3 is 2.31 bits per heavy atom. The van der Waals surface area contributed by atoms with Crippen molar-refractivity contribution in [3.05, 3.63) is 71.9 Å². The molecule has 194 valence electrons. The lowest BCUT2D eigenvalue weighted by Gasteiger charge is -2.30. The zero-order valence-electron chi connectivity index (χ0n) is 22.1. The summed E-state index contributed by atoms with van der Waals surface area (Å²) in [6.45, 7) is 11.4. The van der Waals surface area contributed by atoms with E-state index >= 15 is 0 Å². The number of nitrogens with two attached hydrogens (primary N) is 1. The Hall–Kier alpha value is -3.00. The molecule has 1 heterocycles. The molecule has 0 fully saturated rings. The normalized spacial score (nSPS) is 12.6. The smallest absolute Gasteiger partial charge is 0.240 e. The quantitative estimate of drug-likeness (QED) is 0.368. The van der Waals surface area contributed by atoms with Crippen molar-refractivity contribution in [3.63, 3.8) is 0 Å². The number of benzene rings is 2. The number of amides is 1. The summed E-state index contributed by atoms with van der Waals surface area (Å²) in [5.74, 6) is 0.620. The largest absolute Gasteiger partial charge is 0.488 e. The van der Waals surface area contributed by atoms with Crippen LogP contribution in [-0.2, 0) is 27.2 Å². The molecule has 1 unspecified atom stereocenters. The van der Waals surface area contributed by atoms with Crippen LogP contribution in [0.1, 0.15) is 45.7 Å². The zero-order valence-corrected chi connectivity index (χ0v) is 22.1. The monoisotopic (exact) mass is 493 g/mol. The van der Waals surface area contributed by atoms with E-state index in [2.05, 4.69) is 4.98 Å². The van der Waals surface area contributed by atoms with E-state index < -0.39 is 12.3 Å². The molecule has 0 saturated carbocycles. The lowest BCUT2D eigenvalue weighted by molar-refractivity contribution is -0.160. The molecule has 0 aliphatic heterocycles. The minimum absolute atomic E-state index is 0.164. The van der Waals surface area contributed by atoms with Gasteiger partial charge < -0.3 is 24.8 Å². The number of nitrogens with zero attached hydrogens (tertiary/aromatic N) is 2. The molecule has 2 N–H and O–H groups in total. The van der Waals surface area contributed by atoms with Gasteiger partial charge in [0.1, 0.15) is 11.4 Å². The van der Waals surface area contributed by atoms with Gasteiger partial charge in [0.05, 0.1) is 18.1 Å². The van der Waals surface area contributed by atoms with Crippen molar-refractivity contribution in [3.8, 4) is 5.75 Å². The third kappa shape index (κ3) is 8.01. The van der Waals surface area contributed by atoms with Gasteiger partial charge in [0.2, 0.25) is 5.91 Å². The maximum Gasteiger partial charge on any atom is 0.240 e. The van der Waals surface area contributed by atoms with E-state index in [4.69, 9.17) is 19.9 Å². The van der Waals surface area contributed by atoms with Gasteiger partial charge in [-0.05, 0) is 70.4 Å². The number of fused-ring (bicyclic) bond motifs is 1. The Labute approximate surface area is 214 Å². The van der Waals surface area contributed by atoms with Crippen molar-refractivity contribution in [2.45, 2.75) is 65.5 Å². The number of aromatic nitrogens is 1. The number of carbonyl (C=O) groups is 1. The third-order valence-corrected chi connectivity index (χ3v) is 5.58. The molecular formula is C29H39N3O4. The highest BCUT2D eigenvalue weighted by atomic mass is 16.7. The molecule has 7 heteroatoms. The second-order valence-electron chi connectivity index (χ2n) is 9.72. The number of hydrogen-bond acceptors (Lipinski definition) is 6. The fourth-order valence-electron chi connectivity index (χ4n) is 4.06. The van der Waals surface area contributed by atoms with Crippen LogP contribution in [-0.4, -0.2) is 53.5 Å². The number of carbonyl (C=O) groups excluding carboxylic acids is 1. The summed E-state index contributed by atoms with van der Waals surface area (Å²) in [4.78, 5) is 19.9. The van der Waals surface area contributed by atoms with Crippen LogP contribution in [0.25, 0.3) is 10.9 Å². The van der Waals surface area contributed by atoms with Gasteiger partial charge in [0.15, 0.2) is 6.29 Å². The van der Waals surface area contributed by atoms with Crippen molar-refractivity contribution in [2.75, 3.05) is 19.8 Å². The Morgan fingerprint density at radius 1 is 1.00 bits per heavy atom. The summed E-state index contributed by atoms with van der Waals surface area (Å²) in [6.07, 6.45) is 1.64. The average molecular weight is 494 g/mol. The highest BCUT2D eigenvalue weighted by molar-refractivity contribution is 5.84. The first kappa shape index (κ1) is 27.6. The summed E-state index contributed by atoms with van der Waals surface area (Å²) >= 11 is 0. The van der Waals surface area contributed by atoms with Crippen LogP contribution in [0.5, 0.6) is 5.75 Å². The lowest BCUT2D eigenvalue weighted by Crippen LogP contribution is -2.48. The van der Waals surface area contributed by atoms with E-state index in [1.165, 1.54) is 0 Å². The number of para-hydroxylation sites is 1. The van der Waals surface area contributed by atoms with Crippen LogP contribution >= 0.6 is 0 Å². The molecule has 7 nitrogen and oxygen atoms in total. The van der Waals surface area contributed by atoms with E-state index in [-0.39, 0.29) is 18.1 Å². The molecule has 1 atom stereocenters. The highest BCUT2D eigenvalue weighted by Gasteiger charge is 2.26. The SMILES string of the molecule is CCOC(CN(Cc1cccc2cccnc12)C(=O)C(N)Cc1ccc(OC(C)(C)C)cc1)OCC. The molecule has 0 radical (unpaired) electrons. The van der Waals surface area contributed by atoms with Crippen molar-refractivity contribution in [1.29, 1.82) is 0 Å². The molecule has 2 aromatic carbocycles. The fourth-order valence-corrected chi connectivity index (χ4v) is 4.06. The summed E-state index contributed by atoms with van der Waals surface area (Å²) in [5, 5.41) is 1.02. The van der Waals surface area contributed by atoms with Gasteiger partial charge in [-0.2, -0.15) is 0 Å². The molecule has 0 aliphatic rings. The van der Waals surface area contributed by atoms with Crippen LogP contribution in [0.2, 0.25) is 0 Å². The van der Waals surface area contributed by atoms with Gasteiger partial charge >= 0.3 is 0 Å². The summed E-state index contributed by atoms with van der Waals surface area (Å²) in [7, 11) is 0. The second kappa shape index (κ2) is 12.8. The topological polar surface area (TPSA) is 86.9 Å². The highest BCUT2D eigenvalue weighted by Crippen LogP contribution is 2.21. The Bertz CT molecular complexity index is 1100. The molecule has 0 aliphatic carbocycles. The molecule has 1 amide bonds. The van der Waals surface area contributed by atoms with E-state index in [0.717, 1.165) is 27.8 Å². The third-order valence-electron chi connectivity index (χ3n) is 5.58. The molecular weight excluding hydrogens is 454 g/mol. The minimum Gasteiger partial charge on any atom is -0.488 e. The number of rotatable bonds is 12. The van der Waals surface area contributed by atoms with Crippen LogP contribution in [0.4, 0.5) is 0 Å². The molecule has 0 bridgehead atoms. The predicted molar refractivity (Wildman–Crippen MR) is 143 cm³/mol. The second-order valence-corrected chi connectivity index (χ2v) is 9.72. The van der Waals surface area contributed by atoms with Crippen molar-refractivity contribution < 1.29 is 19.0 Å². The Balaban J connectivity index is 1.80. The molecule has 0 saturated heterocycles. The van der Waals surface area contributed by atoms with Crippen LogP contribution in [0.15, 0.2) is 60.8 Å².